The second-order valence-corrected chi connectivity index (χ2v) is 9.22. The SMILES string of the molecule is CCNC(=NCC1CCN(Cc2nc(C)c(C)o2)CC1)NCCCN1CCCCCC1. The molecule has 31 heavy (non-hydrogen) atoms. The highest BCUT2D eigenvalue weighted by Crippen LogP contribution is 2.20. The Balaban J connectivity index is 1.34. The summed E-state index contributed by atoms with van der Waals surface area (Å²) in [4.78, 5) is 14.5. The molecule has 1 aromatic rings. The number of oxazole rings is 1. The standard InChI is InChI=1S/C24H44N6O/c1-4-25-24(26-12-9-15-29-13-7-5-6-8-14-29)27-18-22-10-16-30(17-11-22)19-23-28-20(2)21(3)31-23/h22H,4-19H2,1-3H3,(H2,25,26,27). The predicted octanol–water partition coefficient (Wildman–Crippen LogP) is 3.32. The lowest BCUT2D eigenvalue weighted by molar-refractivity contribution is 0.166. The highest BCUT2D eigenvalue weighted by Gasteiger charge is 2.21. The first-order valence-electron chi connectivity index (χ1n) is 12.5. The highest BCUT2D eigenvalue weighted by molar-refractivity contribution is 5.79. The summed E-state index contributed by atoms with van der Waals surface area (Å²) in [6.45, 7) is 15.7. The molecule has 176 valence electrons. The number of piperidine rings is 1. The number of hydrogen-bond donors (Lipinski definition) is 2. The molecule has 3 rings (SSSR count). The number of rotatable bonds is 9. The van der Waals surface area contributed by atoms with E-state index in [9.17, 15) is 0 Å². The van der Waals surface area contributed by atoms with Crippen LogP contribution in [0.15, 0.2) is 9.41 Å². The predicted molar refractivity (Wildman–Crippen MR) is 127 cm³/mol. The molecule has 0 saturated carbocycles. The number of aromatic nitrogens is 1. The summed E-state index contributed by atoms with van der Waals surface area (Å²) in [7, 11) is 0. The second kappa shape index (κ2) is 13.1. The molecule has 0 radical (unpaired) electrons. The van der Waals surface area contributed by atoms with Crippen LogP contribution in [0, 0.1) is 19.8 Å². The van der Waals surface area contributed by atoms with E-state index in [1.807, 2.05) is 13.8 Å². The fourth-order valence-electron chi connectivity index (χ4n) is 4.56. The quantitative estimate of drug-likeness (QED) is 0.354. The topological polar surface area (TPSA) is 68.9 Å². The van der Waals surface area contributed by atoms with Crippen LogP contribution >= 0.6 is 0 Å². The molecule has 0 aromatic carbocycles. The molecule has 2 aliphatic rings. The number of nitrogens with zero attached hydrogens (tertiary/aromatic N) is 4. The average Bonchev–Trinajstić information content (AvgIpc) is 2.95. The number of guanidine groups is 1. The molecule has 1 aromatic heterocycles. The van der Waals surface area contributed by atoms with E-state index in [4.69, 9.17) is 9.41 Å². The first-order chi connectivity index (χ1) is 15.1. The fraction of sp³-hybridized carbons (Fsp3) is 0.833. The Kier molecular flexibility index (Phi) is 10.1. The van der Waals surface area contributed by atoms with Crippen molar-refractivity contribution in [1.29, 1.82) is 0 Å². The van der Waals surface area contributed by atoms with Gasteiger partial charge in [0.1, 0.15) is 5.76 Å². The Hall–Kier alpha value is -1.60. The summed E-state index contributed by atoms with van der Waals surface area (Å²) in [6, 6.07) is 0. The number of aryl methyl sites for hydroxylation is 2. The van der Waals surface area contributed by atoms with Gasteiger partial charge in [0.25, 0.3) is 0 Å². The Morgan fingerprint density at radius 2 is 1.77 bits per heavy atom. The summed E-state index contributed by atoms with van der Waals surface area (Å²) in [5.41, 5.74) is 1.01. The van der Waals surface area contributed by atoms with Crippen LogP contribution in [0.3, 0.4) is 0 Å². The van der Waals surface area contributed by atoms with Crippen LogP contribution in [0.5, 0.6) is 0 Å². The number of aliphatic imine (C=N–C) groups is 1. The van der Waals surface area contributed by atoms with Crippen LogP contribution in [0.2, 0.25) is 0 Å². The Morgan fingerprint density at radius 1 is 1.03 bits per heavy atom. The van der Waals surface area contributed by atoms with Gasteiger partial charge in [0, 0.05) is 19.6 Å². The molecule has 2 aliphatic heterocycles. The number of nitrogens with one attached hydrogen (secondary N) is 2. The van der Waals surface area contributed by atoms with Gasteiger partial charge in [-0.15, -0.1) is 0 Å². The van der Waals surface area contributed by atoms with E-state index in [1.165, 1.54) is 64.6 Å². The monoisotopic (exact) mass is 432 g/mol. The minimum atomic E-state index is 0.664. The molecule has 7 nitrogen and oxygen atoms in total. The van der Waals surface area contributed by atoms with Gasteiger partial charge in [-0.05, 0) is 91.5 Å². The molecule has 7 heteroatoms. The maximum atomic E-state index is 5.75. The van der Waals surface area contributed by atoms with Crippen LogP contribution in [-0.2, 0) is 6.54 Å². The third-order valence-electron chi connectivity index (χ3n) is 6.63. The van der Waals surface area contributed by atoms with Crippen molar-refractivity contribution in [2.75, 3.05) is 52.4 Å². The zero-order valence-electron chi connectivity index (χ0n) is 20.1. The minimum Gasteiger partial charge on any atom is -0.444 e. The summed E-state index contributed by atoms with van der Waals surface area (Å²) in [5.74, 6) is 3.43. The van der Waals surface area contributed by atoms with E-state index in [2.05, 4.69) is 32.3 Å². The van der Waals surface area contributed by atoms with Gasteiger partial charge >= 0.3 is 0 Å². The maximum Gasteiger partial charge on any atom is 0.208 e. The van der Waals surface area contributed by atoms with Crippen LogP contribution in [-0.4, -0.2) is 73.1 Å². The zero-order valence-corrected chi connectivity index (χ0v) is 20.1. The van der Waals surface area contributed by atoms with Gasteiger partial charge in [-0.2, -0.15) is 0 Å². The zero-order chi connectivity index (χ0) is 21.9. The molecule has 0 aliphatic carbocycles. The van der Waals surface area contributed by atoms with Gasteiger partial charge in [0.2, 0.25) is 5.89 Å². The molecule has 0 bridgehead atoms. The molecule has 2 saturated heterocycles. The van der Waals surface area contributed by atoms with E-state index in [1.54, 1.807) is 0 Å². The lowest BCUT2D eigenvalue weighted by atomic mass is 9.97. The van der Waals surface area contributed by atoms with Crippen molar-refractivity contribution in [3.8, 4) is 0 Å². The van der Waals surface area contributed by atoms with Crippen molar-refractivity contribution < 1.29 is 4.42 Å². The van der Waals surface area contributed by atoms with Crippen molar-refractivity contribution >= 4 is 5.96 Å². The van der Waals surface area contributed by atoms with Crippen molar-refractivity contribution in [2.45, 2.75) is 72.3 Å². The maximum absolute atomic E-state index is 5.75. The molecule has 2 N–H and O–H groups in total. The highest BCUT2D eigenvalue weighted by atomic mass is 16.4. The molecule has 3 heterocycles. The number of likely N-dealkylation sites (tertiary alicyclic amines) is 2. The van der Waals surface area contributed by atoms with E-state index in [-0.39, 0.29) is 0 Å². The summed E-state index contributed by atoms with van der Waals surface area (Å²) >= 11 is 0. The van der Waals surface area contributed by atoms with Crippen LogP contribution in [0.25, 0.3) is 0 Å². The van der Waals surface area contributed by atoms with Crippen LogP contribution in [0.4, 0.5) is 0 Å². The third kappa shape index (κ3) is 8.45. The summed E-state index contributed by atoms with van der Waals surface area (Å²) in [6.07, 6.45) is 9.12. The molecule has 0 spiro atoms. The molecule has 0 amide bonds. The van der Waals surface area contributed by atoms with E-state index < -0.39 is 0 Å². The van der Waals surface area contributed by atoms with E-state index in [0.717, 1.165) is 62.6 Å². The first kappa shape index (κ1) is 24.1. The average molecular weight is 433 g/mol. The van der Waals surface area contributed by atoms with Gasteiger partial charge in [-0.25, -0.2) is 4.98 Å². The Bertz CT molecular complexity index is 638. The van der Waals surface area contributed by atoms with Gasteiger partial charge in [0.15, 0.2) is 5.96 Å². The van der Waals surface area contributed by atoms with E-state index in [0.29, 0.717) is 5.92 Å². The lowest BCUT2D eigenvalue weighted by Crippen LogP contribution is -2.40. The molecular formula is C24H44N6O. The summed E-state index contributed by atoms with van der Waals surface area (Å²) < 4.78 is 5.75. The molecule has 0 unspecified atom stereocenters. The molecule has 0 atom stereocenters. The van der Waals surface area contributed by atoms with Crippen LogP contribution in [0.1, 0.15) is 69.2 Å². The van der Waals surface area contributed by atoms with E-state index >= 15 is 0 Å². The summed E-state index contributed by atoms with van der Waals surface area (Å²) in [5, 5.41) is 6.96. The Morgan fingerprint density at radius 3 is 2.42 bits per heavy atom. The van der Waals surface area contributed by atoms with Crippen molar-refractivity contribution in [3.05, 3.63) is 17.3 Å². The lowest BCUT2D eigenvalue weighted by Gasteiger charge is -2.30. The van der Waals surface area contributed by atoms with Crippen LogP contribution < -0.4 is 10.6 Å². The van der Waals surface area contributed by atoms with Crippen molar-refractivity contribution in [2.24, 2.45) is 10.9 Å². The molecular weight excluding hydrogens is 388 g/mol. The van der Waals surface area contributed by atoms with Crippen molar-refractivity contribution in [3.63, 3.8) is 0 Å². The second-order valence-electron chi connectivity index (χ2n) is 9.22. The van der Waals surface area contributed by atoms with Gasteiger partial charge < -0.3 is 20.0 Å². The van der Waals surface area contributed by atoms with Gasteiger partial charge in [-0.1, -0.05) is 12.8 Å². The minimum absolute atomic E-state index is 0.664. The number of hydrogen-bond acceptors (Lipinski definition) is 5. The third-order valence-corrected chi connectivity index (χ3v) is 6.63. The van der Waals surface area contributed by atoms with Gasteiger partial charge in [0.05, 0.1) is 12.2 Å². The fourth-order valence-corrected chi connectivity index (χ4v) is 4.56. The Labute approximate surface area is 189 Å². The normalized spacial score (nSPS) is 20.0. The smallest absolute Gasteiger partial charge is 0.208 e. The largest absolute Gasteiger partial charge is 0.444 e. The first-order valence-corrected chi connectivity index (χ1v) is 12.5. The van der Waals surface area contributed by atoms with Gasteiger partial charge in [-0.3, -0.25) is 9.89 Å². The molecule has 2 fully saturated rings. The van der Waals surface area contributed by atoms with Crippen molar-refractivity contribution in [1.82, 2.24) is 25.4 Å².